The van der Waals surface area contributed by atoms with Crippen LogP contribution in [0.15, 0.2) is 30.5 Å². The van der Waals surface area contributed by atoms with E-state index < -0.39 is 47.2 Å². The number of carbonyl (C=O) groups excluding carboxylic acids is 1. The number of alkyl halides is 3. The van der Waals surface area contributed by atoms with Crippen molar-refractivity contribution in [3.8, 4) is 11.3 Å². The maximum atomic E-state index is 15.3. The van der Waals surface area contributed by atoms with Gasteiger partial charge in [0, 0.05) is 19.2 Å². The lowest BCUT2D eigenvalue weighted by Crippen LogP contribution is -2.46. The molecule has 0 spiro atoms. The number of fused-ring (bicyclic) bond motifs is 1. The zero-order chi connectivity index (χ0) is 26.2. The summed E-state index contributed by atoms with van der Waals surface area (Å²) in [6.45, 7) is 2.59. The molecular formula is C24H25F5N4O3. The first-order valence-electron chi connectivity index (χ1n) is 11.2. The van der Waals surface area contributed by atoms with Gasteiger partial charge in [0.05, 0.1) is 43.3 Å². The smallest absolute Gasteiger partial charge is 0.409 e. The van der Waals surface area contributed by atoms with Crippen LogP contribution in [-0.2, 0) is 15.9 Å². The van der Waals surface area contributed by atoms with Gasteiger partial charge in [-0.25, -0.2) is 18.6 Å². The number of benzene rings is 1. The Hall–Kier alpha value is -3.25. The molecule has 1 aliphatic heterocycles. The molecule has 2 aromatic heterocycles. The fourth-order valence-corrected chi connectivity index (χ4v) is 4.45. The van der Waals surface area contributed by atoms with Crippen LogP contribution in [-0.4, -0.2) is 66.5 Å². The van der Waals surface area contributed by atoms with E-state index in [1.807, 2.05) is 12.2 Å². The van der Waals surface area contributed by atoms with Gasteiger partial charge in [-0.05, 0) is 49.4 Å². The maximum absolute atomic E-state index is 15.3. The number of halogens is 5. The summed E-state index contributed by atoms with van der Waals surface area (Å²) in [5, 5.41) is 2.05. The van der Waals surface area contributed by atoms with E-state index in [1.54, 1.807) is 22.7 Å². The highest BCUT2D eigenvalue weighted by Gasteiger charge is 2.40. The minimum absolute atomic E-state index is 0.0473. The molecule has 1 fully saturated rings. The van der Waals surface area contributed by atoms with E-state index >= 15 is 8.78 Å². The molecule has 0 aliphatic carbocycles. The lowest BCUT2D eigenvalue weighted by molar-refractivity contribution is -0.156. The van der Waals surface area contributed by atoms with Gasteiger partial charge in [0.15, 0.2) is 0 Å². The first-order valence-corrected chi connectivity index (χ1v) is 11.2. The number of pyridine rings is 1. The average molecular weight is 512 g/mol. The molecular weight excluding hydrogens is 487 g/mol. The van der Waals surface area contributed by atoms with Gasteiger partial charge in [-0.3, -0.25) is 0 Å². The van der Waals surface area contributed by atoms with Crippen molar-refractivity contribution in [3.05, 3.63) is 58.9 Å². The van der Waals surface area contributed by atoms with E-state index in [0.29, 0.717) is 30.0 Å². The van der Waals surface area contributed by atoms with Crippen molar-refractivity contribution in [2.24, 2.45) is 0 Å². The van der Waals surface area contributed by atoms with Crippen molar-refractivity contribution in [2.45, 2.75) is 31.7 Å². The quantitative estimate of drug-likeness (QED) is 0.513. The summed E-state index contributed by atoms with van der Waals surface area (Å²) in [5.74, 6) is -2.34. The second-order valence-electron chi connectivity index (χ2n) is 8.58. The third kappa shape index (κ3) is 5.00. The van der Waals surface area contributed by atoms with E-state index in [9.17, 15) is 18.0 Å². The molecule has 1 unspecified atom stereocenters. The normalized spacial score (nSPS) is 17.4. The van der Waals surface area contributed by atoms with Crippen LogP contribution in [0.4, 0.5) is 26.7 Å². The maximum Gasteiger partial charge on any atom is 0.409 e. The van der Waals surface area contributed by atoms with Gasteiger partial charge in [-0.2, -0.15) is 13.2 Å². The van der Waals surface area contributed by atoms with Crippen LogP contribution < -0.4 is 5.32 Å². The number of hydrogen-bond acceptors (Lipinski definition) is 5. The Balaban J connectivity index is 1.79. The second kappa shape index (κ2) is 10.0. The SMILES string of the molecule is CNC(c1cc(F)c(-c2nc3cc(C)ccn3c2C[C@H]2CN(C(=O)OC)CCO2)c(F)c1)C(F)(F)F. The predicted molar refractivity (Wildman–Crippen MR) is 121 cm³/mol. The monoisotopic (exact) mass is 512 g/mol. The van der Waals surface area contributed by atoms with Crippen LogP contribution in [0.25, 0.3) is 16.9 Å². The number of carbonyl (C=O) groups is 1. The molecule has 1 amide bonds. The Kier molecular flexibility index (Phi) is 7.19. The first kappa shape index (κ1) is 25.8. The van der Waals surface area contributed by atoms with Gasteiger partial charge in [0.25, 0.3) is 0 Å². The van der Waals surface area contributed by atoms with E-state index in [2.05, 4.69) is 4.98 Å². The number of aryl methyl sites for hydroxylation is 1. The fourth-order valence-electron chi connectivity index (χ4n) is 4.45. The van der Waals surface area contributed by atoms with Gasteiger partial charge in [-0.15, -0.1) is 0 Å². The molecule has 1 aliphatic rings. The van der Waals surface area contributed by atoms with Gasteiger partial charge >= 0.3 is 12.3 Å². The van der Waals surface area contributed by atoms with E-state index in [0.717, 1.165) is 12.6 Å². The van der Waals surface area contributed by atoms with Crippen molar-refractivity contribution in [2.75, 3.05) is 33.9 Å². The summed E-state index contributed by atoms with van der Waals surface area (Å²) in [5.41, 5.74) is 0.492. The van der Waals surface area contributed by atoms with E-state index in [-0.39, 0.29) is 25.3 Å². The van der Waals surface area contributed by atoms with Crippen LogP contribution in [0.3, 0.4) is 0 Å². The number of rotatable bonds is 5. The molecule has 0 bridgehead atoms. The number of morpholine rings is 1. The number of aromatic nitrogens is 2. The van der Waals surface area contributed by atoms with Gasteiger partial charge < -0.3 is 24.1 Å². The Morgan fingerprint density at radius 3 is 2.58 bits per heavy atom. The molecule has 0 saturated carbocycles. The summed E-state index contributed by atoms with van der Waals surface area (Å²) in [6.07, 6.45) is -3.96. The highest BCUT2D eigenvalue weighted by molar-refractivity contribution is 5.69. The van der Waals surface area contributed by atoms with Crippen molar-refractivity contribution < 1.29 is 36.2 Å². The summed E-state index contributed by atoms with van der Waals surface area (Å²) >= 11 is 0. The van der Waals surface area contributed by atoms with Gasteiger partial charge in [-0.1, -0.05) is 0 Å². The number of nitrogens with one attached hydrogen (secondary N) is 1. The van der Waals surface area contributed by atoms with Crippen LogP contribution in [0.2, 0.25) is 0 Å². The lowest BCUT2D eigenvalue weighted by Gasteiger charge is -2.32. The van der Waals surface area contributed by atoms with Crippen LogP contribution in [0.1, 0.15) is 22.9 Å². The van der Waals surface area contributed by atoms with Crippen LogP contribution >= 0.6 is 0 Å². The Labute approximate surface area is 203 Å². The number of ether oxygens (including phenoxy) is 2. The Bertz CT molecular complexity index is 1250. The minimum atomic E-state index is -4.75. The van der Waals surface area contributed by atoms with E-state index in [1.165, 1.54) is 12.0 Å². The third-order valence-electron chi connectivity index (χ3n) is 6.12. The highest BCUT2D eigenvalue weighted by atomic mass is 19.4. The van der Waals surface area contributed by atoms with Crippen LogP contribution in [0.5, 0.6) is 0 Å². The molecule has 36 heavy (non-hydrogen) atoms. The molecule has 7 nitrogen and oxygen atoms in total. The van der Waals surface area contributed by atoms with Gasteiger partial charge in [0.2, 0.25) is 0 Å². The molecule has 4 rings (SSSR count). The number of imidazole rings is 1. The van der Waals surface area contributed by atoms with Crippen molar-refractivity contribution >= 4 is 11.7 Å². The molecule has 1 saturated heterocycles. The number of amides is 1. The lowest BCUT2D eigenvalue weighted by atomic mass is 9.99. The summed E-state index contributed by atoms with van der Waals surface area (Å²) in [6, 6.07) is 2.62. The predicted octanol–water partition coefficient (Wildman–Crippen LogP) is 4.42. The molecule has 1 N–H and O–H groups in total. The zero-order valence-corrected chi connectivity index (χ0v) is 19.8. The molecule has 3 aromatic rings. The minimum Gasteiger partial charge on any atom is -0.453 e. The molecule has 3 heterocycles. The third-order valence-corrected chi connectivity index (χ3v) is 6.12. The second-order valence-corrected chi connectivity index (χ2v) is 8.58. The molecule has 194 valence electrons. The van der Waals surface area contributed by atoms with Crippen molar-refractivity contribution in [1.82, 2.24) is 19.6 Å². The molecule has 12 heteroatoms. The largest absolute Gasteiger partial charge is 0.453 e. The molecule has 2 atom stereocenters. The molecule has 0 radical (unpaired) electrons. The summed E-state index contributed by atoms with van der Waals surface area (Å²) < 4.78 is 82.8. The van der Waals surface area contributed by atoms with Gasteiger partial charge in [0.1, 0.15) is 23.3 Å². The summed E-state index contributed by atoms with van der Waals surface area (Å²) in [7, 11) is 2.33. The number of nitrogens with zero attached hydrogens (tertiary/aromatic N) is 3. The number of methoxy groups -OCH3 is 1. The molecule has 1 aromatic carbocycles. The first-order chi connectivity index (χ1) is 17.0. The van der Waals surface area contributed by atoms with E-state index in [4.69, 9.17) is 9.47 Å². The number of hydrogen-bond donors (Lipinski definition) is 1. The average Bonchev–Trinajstić information content (AvgIpc) is 3.14. The van der Waals surface area contributed by atoms with Crippen molar-refractivity contribution in [1.29, 1.82) is 0 Å². The fraction of sp³-hybridized carbons (Fsp3) is 0.417. The topological polar surface area (TPSA) is 68.1 Å². The Morgan fingerprint density at radius 2 is 1.97 bits per heavy atom. The Morgan fingerprint density at radius 1 is 1.28 bits per heavy atom. The standard InChI is InChI=1S/C24H25F5N4O3/c1-13-4-5-33-18(11-15-12-32(6-7-36-15)23(34)35-3)21(31-19(33)8-13)20-16(25)9-14(10-17(20)26)22(30-2)24(27,28)29/h4-5,8-10,15,22,30H,6-7,11-12H2,1-3H3/t15-,22?/m0/s1. The summed E-state index contributed by atoms with van der Waals surface area (Å²) in [4.78, 5) is 17.9. The van der Waals surface area contributed by atoms with Crippen LogP contribution in [0, 0.1) is 18.6 Å². The highest BCUT2D eigenvalue weighted by Crippen LogP contribution is 2.37. The van der Waals surface area contributed by atoms with Crippen molar-refractivity contribution in [3.63, 3.8) is 0 Å². The zero-order valence-electron chi connectivity index (χ0n) is 19.8.